The fraction of sp³-hybridized carbons (Fsp3) is 0.304. The molecular weight excluding hydrogens is 407 g/mol. The molecule has 8 heteroatoms. The maximum atomic E-state index is 13.4. The van der Waals surface area contributed by atoms with Gasteiger partial charge in [0.25, 0.3) is 0 Å². The number of alkyl halides is 3. The molecular formula is C23H24F3N3O2. The molecule has 0 aromatic heterocycles. The zero-order valence-electron chi connectivity index (χ0n) is 16.9. The van der Waals surface area contributed by atoms with E-state index in [0.717, 1.165) is 24.9 Å². The van der Waals surface area contributed by atoms with Crippen molar-refractivity contribution in [2.24, 2.45) is 11.7 Å². The fourth-order valence-electron chi connectivity index (χ4n) is 3.64. The van der Waals surface area contributed by atoms with Gasteiger partial charge in [0.05, 0.1) is 11.5 Å². The number of hydrogen-bond donors (Lipinski definition) is 2. The predicted octanol–water partition coefficient (Wildman–Crippen LogP) is 3.97. The number of nitrogens with one attached hydrogen (secondary N) is 1. The molecule has 31 heavy (non-hydrogen) atoms. The molecule has 0 aliphatic carbocycles. The number of piperidine rings is 1. The SMILES string of the molecule is NC(=O)C1CCCN(Cc2ccc(NC(=O)/C=C(/c3ccccc3)C(F)(F)F)cc2)C1. The monoisotopic (exact) mass is 431 g/mol. The van der Waals surface area contributed by atoms with Crippen LogP contribution in [-0.2, 0) is 16.1 Å². The van der Waals surface area contributed by atoms with Gasteiger partial charge in [0.2, 0.25) is 11.8 Å². The normalized spacial score (nSPS) is 17.9. The molecule has 164 valence electrons. The number of carbonyl (C=O) groups is 2. The lowest BCUT2D eigenvalue weighted by Gasteiger charge is -2.31. The summed E-state index contributed by atoms with van der Waals surface area (Å²) in [6.45, 7) is 2.11. The minimum atomic E-state index is -4.65. The molecule has 2 aromatic carbocycles. The molecule has 1 unspecified atom stereocenters. The Balaban J connectivity index is 1.64. The van der Waals surface area contributed by atoms with Gasteiger partial charge in [-0.05, 0) is 42.6 Å². The molecule has 3 rings (SSSR count). The second kappa shape index (κ2) is 9.78. The van der Waals surface area contributed by atoms with E-state index < -0.39 is 17.7 Å². The number of halogens is 3. The average molecular weight is 431 g/mol. The Morgan fingerprint density at radius 2 is 1.77 bits per heavy atom. The number of amides is 2. The van der Waals surface area contributed by atoms with Crippen LogP contribution >= 0.6 is 0 Å². The molecule has 5 nitrogen and oxygen atoms in total. The molecule has 0 spiro atoms. The Morgan fingerprint density at radius 3 is 2.39 bits per heavy atom. The summed E-state index contributed by atoms with van der Waals surface area (Å²) in [4.78, 5) is 25.8. The first-order chi connectivity index (χ1) is 14.7. The van der Waals surface area contributed by atoms with Crippen molar-refractivity contribution in [1.29, 1.82) is 0 Å². The molecule has 1 saturated heterocycles. The Kier molecular flexibility index (Phi) is 7.12. The molecule has 2 aromatic rings. The smallest absolute Gasteiger partial charge is 0.369 e. The van der Waals surface area contributed by atoms with Crippen LogP contribution in [0.25, 0.3) is 5.57 Å². The fourth-order valence-corrected chi connectivity index (χ4v) is 3.64. The topological polar surface area (TPSA) is 75.4 Å². The lowest BCUT2D eigenvalue weighted by Crippen LogP contribution is -2.40. The van der Waals surface area contributed by atoms with E-state index in [4.69, 9.17) is 5.73 Å². The molecule has 0 radical (unpaired) electrons. The summed E-state index contributed by atoms with van der Waals surface area (Å²) < 4.78 is 40.1. The highest BCUT2D eigenvalue weighted by Gasteiger charge is 2.35. The number of rotatable bonds is 6. The van der Waals surface area contributed by atoms with Crippen LogP contribution in [-0.4, -0.2) is 36.0 Å². The van der Waals surface area contributed by atoms with E-state index in [2.05, 4.69) is 10.2 Å². The summed E-state index contributed by atoms with van der Waals surface area (Å²) >= 11 is 0. The van der Waals surface area contributed by atoms with E-state index in [9.17, 15) is 22.8 Å². The molecule has 1 aliphatic heterocycles. The molecule has 0 saturated carbocycles. The number of allylic oxidation sites excluding steroid dienone is 1. The van der Waals surface area contributed by atoms with Gasteiger partial charge in [0, 0.05) is 24.9 Å². The number of likely N-dealkylation sites (tertiary alicyclic amines) is 1. The molecule has 1 atom stereocenters. The Bertz CT molecular complexity index is 941. The summed E-state index contributed by atoms with van der Waals surface area (Å²) in [5.41, 5.74) is 5.70. The Hall–Kier alpha value is -3.13. The first-order valence-corrected chi connectivity index (χ1v) is 9.98. The maximum absolute atomic E-state index is 13.4. The van der Waals surface area contributed by atoms with Gasteiger partial charge in [0.1, 0.15) is 0 Å². The standard InChI is InChI=1S/C23H24F3N3O2/c24-23(25,26)20(17-5-2-1-3-6-17)13-21(30)28-19-10-8-16(9-11-19)14-29-12-4-7-18(15-29)22(27)31/h1-3,5-6,8-11,13,18H,4,7,12,14-15H2,(H2,27,31)(H,28,30)/b20-13-. The molecule has 3 N–H and O–H groups in total. The van der Waals surface area contributed by atoms with Crippen LogP contribution < -0.4 is 11.1 Å². The van der Waals surface area contributed by atoms with Crippen LogP contribution in [0.2, 0.25) is 0 Å². The Morgan fingerprint density at radius 1 is 1.10 bits per heavy atom. The van der Waals surface area contributed by atoms with Crippen LogP contribution in [0.15, 0.2) is 60.7 Å². The first-order valence-electron chi connectivity index (χ1n) is 9.98. The summed E-state index contributed by atoms with van der Waals surface area (Å²) in [7, 11) is 0. The van der Waals surface area contributed by atoms with Gasteiger partial charge >= 0.3 is 6.18 Å². The number of nitrogens with zero attached hydrogens (tertiary/aromatic N) is 1. The third-order valence-corrected chi connectivity index (χ3v) is 5.20. The molecule has 1 fully saturated rings. The third-order valence-electron chi connectivity index (χ3n) is 5.20. The average Bonchev–Trinajstić information content (AvgIpc) is 2.73. The largest absolute Gasteiger partial charge is 0.417 e. The van der Waals surface area contributed by atoms with Crippen molar-refractivity contribution in [1.82, 2.24) is 4.90 Å². The van der Waals surface area contributed by atoms with Crippen LogP contribution in [0, 0.1) is 5.92 Å². The van der Waals surface area contributed by atoms with E-state index in [1.807, 2.05) is 0 Å². The summed E-state index contributed by atoms with van der Waals surface area (Å²) in [6.07, 6.45) is -2.38. The maximum Gasteiger partial charge on any atom is 0.417 e. The van der Waals surface area contributed by atoms with Crippen LogP contribution in [0.1, 0.15) is 24.0 Å². The zero-order valence-corrected chi connectivity index (χ0v) is 16.9. The minimum Gasteiger partial charge on any atom is -0.369 e. The quantitative estimate of drug-likeness (QED) is 0.680. The lowest BCUT2D eigenvalue weighted by molar-refractivity contribution is -0.123. The van der Waals surface area contributed by atoms with Crippen molar-refractivity contribution < 1.29 is 22.8 Å². The second-order valence-electron chi connectivity index (χ2n) is 7.58. The highest BCUT2D eigenvalue weighted by atomic mass is 19.4. The molecule has 2 amide bonds. The highest BCUT2D eigenvalue weighted by molar-refractivity contribution is 6.04. The number of carbonyl (C=O) groups excluding carboxylic acids is 2. The molecule has 0 bridgehead atoms. The van der Waals surface area contributed by atoms with E-state index in [-0.39, 0.29) is 17.4 Å². The first kappa shape index (κ1) is 22.6. The lowest BCUT2D eigenvalue weighted by atomic mass is 9.97. The van der Waals surface area contributed by atoms with Crippen molar-refractivity contribution in [3.8, 4) is 0 Å². The number of primary amides is 1. The van der Waals surface area contributed by atoms with Crippen molar-refractivity contribution in [2.45, 2.75) is 25.6 Å². The van der Waals surface area contributed by atoms with Crippen molar-refractivity contribution >= 4 is 23.1 Å². The predicted molar refractivity (Wildman–Crippen MR) is 113 cm³/mol. The number of nitrogens with two attached hydrogens (primary N) is 1. The highest BCUT2D eigenvalue weighted by Crippen LogP contribution is 2.33. The second-order valence-corrected chi connectivity index (χ2v) is 7.58. The summed E-state index contributed by atoms with van der Waals surface area (Å²) in [5, 5.41) is 2.48. The van der Waals surface area contributed by atoms with Crippen LogP contribution in [0.5, 0.6) is 0 Å². The van der Waals surface area contributed by atoms with Crippen LogP contribution in [0.3, 0.4) is 0 Å². The van der Waals surface area contributed by atoms with Crippen molar-refractivity contribution in [3.05, 3.63) is 71.8 Å². The number of anilines is 1. The van der Waals surface area contributed by atoms with E-state index in [0.29, 0.717) is 24.9 Å². The van der Waals surface area contributed by atoms with Gasteiger partial charge in [-0.2, -0.15) is 13.2 Å². The van der Waals surface area contributed by atoms with Gasteiger partial charge in [0.15, 0.2) is 0 Å². The van der Waals surface area contributed by atoms with Gasteiger partial charge in [-0.25, -0.2) is 0 Å². The minimum absolute atomic E-state index is 0.0729. The zero-order chi connectivity index (χ0) is 22.4. The molecule has 1 heterocycles. The number of hydrogen-bond acceptors (Lipinski definition) is 3. The van der Waals surface area contributed by atoms with Gasteiger partial charge in [-0.1, -0.05) is 42.5 Å². The van der Waals surface area contributed by atoms with Gasteiger partial charge < -0.3 is 11.1 Å². The van der Waals surface area contributed by atoms with Crippen molar-refractivity contribution in [3.63, 3.8) is 0 Å². The molecule has 1 aliphatic rings. The van der Waals surface area contributed by atoms with E-state index in [1.165, 1.54) is 24.3 Å². The third kappa shape index (κ3) is 6.42. The van der Waals surface area contributed by atoms with E-state index in [1.54, 1.807) is 30.3 Å². The van der Waals surface area contributed by atoms with Crippen molar-refractivity contribution in [2.75, 3.05) is 18.4 Å². The Labute approximate surface area is 178 Å². The number of benzene rings is 2. The van der Waals surface area contributed by atoms with Gasteiger partial charge in [-0.3, -0.25) is 14.5 Å². The van der Waals surface area contributed by atoms with E-state index >= 15 is 0 Å². The van der Waals surface area contributed by atoms with Crippen LogP contribution in [0.4, 0.5) is 18.9 Å². The summed E-state index contributed by atoms with van der Waals surface area (Å²) in [5.74, 6) is -1.29. The van der Waals surface area contributed by atoms with Gasteiger partial charge in [-0.15, -0.1) is 0 Å². The summed E-state index contributed by atoms with van der Waals surface area (Å²) in [6, 6.07) is 14.1.